The summed E-state index contributed by atoms with van der Waals surface area (Å²) in [5, 5.41) is 0. The predicted molar refractivity (Wildman–Crippen MR) is 104 cm³/mol. The Morgan fingerprint density at radius 1 is 1.19 bits per heavy atom. The zero-order chi connectivity index (χ0) is 19.4. The number of hydrogen-bond acceptors (Lipinski definition) is 5. The molecule has 1 heterocycles. The van der Waals surface area contributed by atoms with Crippen molar-refractivity contribution in [2.24, 2.45) is 0 Å². The molecule has 0 amide bonds. The molecule has 2 aromatic carbocycles. The van der Waals surface area contributed by atoms with Gasteiger partial charge in [0.25, 0.3) is 0 Å². The van der Waals surface area contributed by atoms with Crippen LogP contribution >= 0.6 is 0 Å². The van der Waals surface area contributed by atoms with Crippen molar-refractivity contribution >= 4 is 11.9 Å². The van der Waals surface area contributed by atoms with Gasteiger partial charge in [0.15, 0.2) is 5.78 Å². The molecular formula is C22H24O5. The van der Waals surface area contributed by atoms with Crippen LogP contribution in [0.5, 0.6) is 23.0 Å². The zero-order valence-electron chi connectivity index (χ0n) is 16.1. The predicted octanol–water partition coefficient (Wildman–Crippen LogP) is 4.32. The lowest BCUT2D eigenvalue weighted by Gasteiger charge is -2.10. The number of benzene rings is 2. The second-order valence-electron chi connectivity index (χ2n) is 6.33. The number of rotatable bonds is 7. The fourth-order valence-electron chi connectivity index (χ4n) is 3.13. The minimum Gasteiger partial charge on any atom is -0.497 e. The van der Waals surface area contributed by atoms with Gasteiger partial charge >= 0.3 is 0 Å². The van der Waals surface area contributed by atoms with Crippen molar-refractivity contribution in [3.05, 3.63) is 53.1 Å². The van der Waals surface area contributed by atoms with Crippen LogP contribution in [0.4, 0.5) is 0 Å². The van der Waals surface area contributed by atoms with Gasteiger partial charge in [-0.3, -0.25) is 4.79 Å². The topological polar surface area (TPSA) is 54.0 Å². The van der Waals surface area contributed by atoms with E-state index in [1.54, 1.807) is 31.4 Å². The minimum atomic E-state index is -0.178. The summed E-state index contributed by atoms with van der Waals surface area (Å²) in [6.07, 6.45) is 4.27. The molecule has 142 valence electrons. The van der Waals surface area contributed by atoms with Crippen molar-refractivity contribution in [1.29, 1.82) is 0 Å². The van der Waals surface area contributed by atoms with Crippen molar-refractivity contribution in [3.63, 3.8) is 0 Å². The number of ketones is 1. The molecule has 0 aliphatic carbocycles. The third kappa shape index (κ3) is 4.08. The van der Waals surface area contributed by atoms with E-state index < -0.39 is 0 Å². The molecule has 5 nitrogen and oxygen atoms in total. The van der Waals surface area contributed by atoms with Gasteiger partial charge in [-0.15, -0.1) is 0 Å². The fourth-order valence-corrected chi connectivity index (χ4v) is 3.13. The highest BCUT2D eigenvalue weighted by atomic mass is 16.5. The summed E-state index contributed by atoms with van der Waals surface area (Å²) in [7, 11) is 3.10. The highest BCUT2D eigenvalue weighted by molar-refractivity contribution is 6.09. The van der Waals surface area contributed by atoms with Crippen LogP contribution < -0.4 is 18.9 Å². The quantitative estimate of drug-likeness (QED) is 0.538. The van der Waals surface area contributed by atoms with E-state index in [0.29, 0.717) is 23.7 Å². The lowest BCUT2D eigenvalue weighted by molar-refractivity contribution is 0.104. The Kier molecular flexibility index (Phi) is 5.69. The largest absolute Gasteiger partial charge is 0.497 e. The van der Waals surface area contributed by atoms with Gasteiger partial charge in [0, 0.05) is 17.5 Å². The molecule has 1 aliphatic heterocycles. The standard InChI is InChI=1S/C22H24O5/c1-5-26-21-12-16-10-14(2)27-22(16)11-15(21)6-8-19(23)18-13-17(24-3)7-9-20(18)25-4/h6-9,11-14H,5,10H2,1-4H3/b8-6+/t14-/m0/s1. The molecule has 3 rings (SSSR count). The fraction of sp³-hybridized carbons (Fsp3) is 0.318. The van der Waals surface area contributed by atoms with Gasteiger partial charge < -0.3 is 18.9 Å². The molecule has 0 saturated carbocycles. The van der Waals surface area contributed by atoms with Crippen molar-refractivity contribution in [1.82, 2.24) is 0 Å². The number of fused-ring (bicyclic) bond motifs is 1. The number of carbonyl (C=O) groups excluding carboxylic acids is 1. The van der Waals surface area contributed by atoms with Gasteiger partial charge in [0.1, 0.15) is 29.1 Å². The molecule has 27 heavy (non-hydrogen) atoms. The van der Waals surface area contributed by atoms with E-state index in [0.717, 1.165) is 29.0 Å². The van der Waals surface area contributed by atoms with Crippen LogP contribution in [0.25, 0.3) is 6.08 Å². The average molecular weight is 368 g/mol. The van der Waals surface area contributed by atoms with Crippen LogP contribution in [0.15, 0.2) is 36.4 Å². The maximum absolute atomic E-state index is 12.7. The molecule has 0 unspecified atom stereocenters. The Hall–Kier alpha value is -2.95. The molecule has 0 aromatic heterocycles. The monoisotopic (exact) mass is 368 g/mol. The van der Waals surface area contributed by atoms with Crippen molar-refractivity contribution in [2.45, 2.75) is 26.4 Å². The molecule has 0 fully saturated rings. The summed E-state index contributed by atoms with van der Waals surface area (Å²) in [4.78, 5) is 12.7. The molecule has 0 bridgehead atoms. The summed E-state index contributed by atoms with van der Waals surface area (Å²) in [5.41, 5.74) is 2.38. The average Bonchev–Trinajstić information content (AvgIpc) is 3.04. The number of hydrogen-bond donors (Lipinski definition) is 0. The third-order valence-corrected chi connectivity index (χ3v) is 4.41. The Morgan fingerprint density at radius 3 is 2.70 bits per heavy atom. The first-order chi connectivity index (χ1) is 13.0. The van der Waals surface area contributed by atoms with E-state index in [4.69, 9.17) is 18.9 Å². The first kappa shape index (κ1) is 18.8. The second-order valence-corrected chi connectivity index (χ2v) is 6.33. The number of ether oxygens (including phenoxy) is 4. The van der Waals surface area contributed by atoms with Crippen LogP contribution in [-0.2, 0) is 6.42 Å². The third-order valence-electron chi connectivity index (χ3n) is 4.41. The highest BCUT2D eigenvalue weighted by Crippen LogP contribution is 2.36. The first-order valence-electron chi connectivity index (χ1n) is 8.96. The van der Waals surface area contributed by atoms with E-state index >= 15 is 0 Å². The summed E-state index contributed by atoms with van der Waals surface area (Å²) in [6.45, 7) is 4.52. The smallest absolute Gasteiger partial charge is 0.189 e. The van der Waals surface area contributed by atoms with E-state index in [1.165, 1.54) is 13.2 Å². The summed E-state index contributed by atoms with van der Waals surface area (Å²) >= 11 is 0. The summed E-state index contributed by atoms with van der Waals surface area (Å²) in [6, 6.07) is 9.07. The molecular weight excluding hydrogens is 344 g/mol. The van der Waals surface area contributed by atoms with Gasteiger partial charge in [0.2, 0.25) is 0 Å². The van der Waals surface area contributed by atoms with Gasteiger partial charge in [-0.2, -0.15) is 0 Å². The van der Waals surface area contributed by atoms with Crippen LogP contribution in [0.1, 0.15) is 35.3 Å². The number of methoxy groups -OCH3 is 2. The second kappa shape index (κ2) is 8.16. The lowest BCUT2D eigenvalue weighted by Crippen LogP contribution is -2.05. The molecule has 0 spiro atoms. The Labute approximate surface area is 159 Å². The minimum absolute atomic E-state index is 0.149. The highest BCUT2D eigenvalue weighted by Gasteiger charge is 2.21. The van der Waals surface area contributed by atoms with E-state index in [-0.39, 0.29) is 11.9 Å². The van der Waals surface area contributed by atoms with Gasteiger partial charge in [-0.1, -0.05) is 0 Å². The Balaban J connectivity index is 1.92. The maximum Gasteiger partial charge on any atom is 0.189 e. The zero-order valence-corrected chi connectivity index (χ0v) is 16.1. The lowest BCUT2D eigenvalue weighted by atomic mass is 10.0. The molecule has 0 N–H and O–H groups in total. The number of carbonyl (C=O) groups is 1. The van der Waals surface area contributed by atoms with E-state index in [1.807, 2.05) is 26.0 Å². The van der Waals surface area contributed by atoms with Gasteiger partial charge in [0.05, 0.1) is 26.4 Å². The van der Waals surface area contributed by atoms with Gasteiger partial charge in [-0.05, 0) is 56.3 Å². The summed E-state index contributed by atoms with van der Waals surface area (Å²) in [5.74, 6) is 2.51. The molecule has 1 aliphatic rings. The van der Waals surface area contributed by atoms with Crippen molar-refractivity contribution in [2.75, 3.05) is 20.8 Å². The van der Waals surface area contributed by atoms with Crippen molar-refractivity contribution < 1.29 is 23.7 Å². The summed E-state index contributed by atoms with van der Waals surface area (Å²) < 4.78 is 22.1. The Morgan fingerprint density at radius 2 is 2.00 bits per heavy atom. The van der Waals surface area contributed by atoms with Crippen LogP contribution in [0.2, 0.25) is 0 Å². The first-order valence-corrected chi connectivity index (χ1v) is 8.96. The maximum atomic E-state index is 12.7. The molecule has 5 heteroatoms. The van der Waals surface area contributed by atoms with E-state index in [9.17, 15) is 4.79 Å². The molecule has 1 atom stereocenters. The van der Waals surface area contributed by atoms with Crippen LogP contribution in [-0.4, -0.2) is 32.7 Å². The normalized spacial score (nSPS) is 15.3. The number of allylic oxidation sites excluding steroid dienone is 1. The molecule has 0 saturated heterocycles. The van der Waals surface area contributed by atoms with Crippen molar-refractivity contribution in [3.8, 4) is 23.0 Å². The molecule has 0 radical (unpaired) electrons. The SMILES string of the molecule is CCOc1cc2c(cc1/C=C/C(=O)c1cc(OC)ccc1OC)O[C@@H](C)C2. The molecule has 2 aromatic rings. The Bertz CT molecular complexity index is 869. The van der Waals surface area contributed by atoms with Gasteiger partial charge in [-0.25, -0.2) is 0 Å². The van der Waals surface area contributed by atoms with E-state index in [2.05, 4.69) is 0 Å². The van der Waals surface area contributed by atoms with Crippen LogP contribution in [0, 0.1) is 0 Å². The van der Waals surface area contributed by atoms with Crippen LogP contribution in [0.3, 0.4) is 0 Å².